The van der Waals surface area contributed by atoms with E-state index in [0.29, 0.717) is 0 Å². The van der Waals surface area contributed by atoms with E-state index in [-0.39, 0.29) is 41.6 Å². The monoisotopic (exact) mass is 396 g/mol. The van der Waals surface area contributed by atoms with Crippen molar-refractivity contribution in [2.75, 3.05) is 6.54 Å². The highest BCUT2D eigenvalue weighted by Gasteiger charge is 2.38. The summed E-state index contributed by atoms with van der Waals surface area (Å²) < 4.78 is 0. The fourth-order valence-electron chi connectivity index (χ4n) is 4.80. The van der Waals surface area contributed by atoms with Gasteiger partial charge in [0.15, 0.2) is 0 Å². The van der Waals surface area contributed by atoms with E-state index in [1.54, 1.807) is 18.2 Å². The zero-order valence-electron chi connectivity index (χ0n) is 17.1. The molecule has 1 aromatic carbocycles. The predicted octanol–water partition coefficient (Wildman–Crippen LogP) is 3.87. The first kappa shape index (κ1) is 21.2. The third-order valence-corrected chi connectivity index (χ3v) is 6.31. The first-order valence-corrected chi connectivity index (χ1v) is 10.9. The first-order valence-electron chi connectivity index (χ1n) is 10.9. The van der Waals surface area contributed by atoms with Crippen LogP contribution in [0.1, 0.15) is 74.6 Å². The van der Waals surface area contributed by atoms with Crippen LogP contribution in [0.15, 0.2) is 24.3 Å². The van der Waals surface area contributed by atoms with Crippen molar-refractivity contribution in [2.24, 2.45) is 5.92 Å². The fraction of sp³-hybridized carbons (Fsp3) is 0.583. The topological polar surface area (TPSA) is 69.6 Å². The molecule has 0 radical (unpaired) electrons. The molecule has 2 aliphatic carbocycles. The third kappa shape index (κ3) is 5.32. The number of para-hydroxylation sites is 1. The Morgan fingerprint density at radius 3 is 2.31 bits per heavy atom. The molecule has 3 rings (SSSR count). The Balaban J connectivity index is 1.88. The van der Waals surface area contributed by atoms with Crippen LogP contribution in [0.5, 0.6) is 5.75 Å². The summed E-state index contributed by atoms with van der Waals surface area (Å²) in [4.78, 5) is 28.2. The third-order valence-electron chi connectivity index (χ3n) is 6.31. The van der Waals surface area contributed by atoms with Gasteiger partial charge in [0.2, 0.25) is 5.91 Å². The van der Waals surface area contributed by atoms with Crippen molar-refractivity contribution >= 4 is 11.8 Å². The van der Waals surface area contributed by atoms with Crippen molar-refractivity contribution in [3.63, 3.8) is 0 Å². The maximum atomic E-state index is 13.4. The molecule has 1 atom stereocenters. The van der Waals surface area contributed by atoms with E-state index >= 15 is 0 Å². The molecule has 0 aliphatic heterocycles. The van der Waals surface area contributed by atoms with E-state index in [9.17, 15) is 14.7 Å². The molecule has 5 nitrogen and oxygen atoms in total. The maximum Gasteiger partial charge on any atom is 0.259 e. The van der Waals surface area contributed by atoms with Gasteiger partial charge >= 0.3 is 0 Å². The molecule has 2 N–H and O–H groups in total. The minimum atomic E-state index is -0.597. The Bertz CT molecular complexity index is 743. The van der Waals surface area contributed by atoms with Crippen LogP contribution in [-0.4, -0.2) is 40.4 Å². The molecule has 0 aromatic heterocycles. The summed E-state index contributed by atoms with van der Waals surface area (Å²) in [6, 6.07) is 6.03. The summed E-state index contributed by atoms with van der Waals surface area (Å²) in [6.45, 7) is 0.0480. The summed E-state index contributed by atoms with van der Waals surface area (Å²) in [5, 5.41) is 13.4. The van der Waals surface area contributed by atoms with Gasteiger partial charge in [0.25, 0.3) is 5.91 Å². The minimum absolute atomic E-state index is 0.0480. The van der Waals surface area contributed by atoms with Crippen molar-refractivity contribution < 1.29 is 14.7 Å². The largest absolute Gasteiger partial charge is 0.507 e. The molecule has 29 heavy (non-hydrogen) atoms. The average Bonchev–Trinajstić information content (AvgIpc) is 2.75. The second kappa shape index (κ2) is 10.3. The molecule has 156 valence electrons. The van der Waals surface area contributed by atoms with Crippen LogP contribution >= 0.6 is 0 Å². The maximum absolute atomic E-state index is 13.4. The quantitative estimate of drug-likeness (QED) is 0.717. The molecule has 0 spiro atoms. The Morgan fingerprint density at radius 1 is 1.07 bits per heavy atom. The average molecular weight is 397 g/mol. The molecule has 1 unspecified atom stereocenters. The van der Waals surface area contributed by atoms with Crippen molar-refractivity contribution in [2.45, 2.75) is 76.3 Å². The second-order valence-corrected chi connectivity index (χ2v) is 8.34. The number of phenolic OH excluding ortho intramolecular Hbond substituents is 1. The second-order valence-electron chi connectivity index (χ2n) is 8.34. The van der Waals surface area contributed by atoms with Crippen molar-refractivity contribution in [1.29, 1.82) is 0 Å². The van der Waals surface area contributed by atoms with Gasteiger partial charge in [-0.1, -0.05) is 56.6 Å². The number of rotatable bonds is 6. The van der Waals surface area contributed by atoms with Gasteiger partial charge in [-0.15, -0.1) is 6.42 Å². The number of carbonyl (C=O) groups is 2. The molecule has 1 aromatic rings. The lowest BCUT2D eigenvalue weighted by atomic mass is 9.82. The van der Waals surface area contributed by atoms with E-state index in [2.05, 4.69) is 11.2 Å². The lowest BCUT2D eigenvalue weighted by Gasteiger charge is -2.38. The van der Waals surface area contributed by atoms with Crippen LogP contribution in [0, 0.1) is 18.3 Å². The lowest BCUT2D eigenvalue weighted by Crippen LogP contribution is -2.55. The number of nitrogens with zero attached hydrogens (tertiary/aromatic N) is 1. The standard InChI is InChI=1S/C24H32N2O3/c1-2-17-26(24(29)20-15-9-10-16-21(20)27)22(18-11-5-3-6-12-18)23(28)25-19-13-7-4-8-14-19/h1,9-10,15-16,18-19,22,27H,3-8,11-14,17H2,(H,25,28). The number of phenols is 1. The first-order chi connectivity index (χ1) is 14.1. The van der Waals surface area contributed by atoms with Gasteiger partial charge in [-0.2, -0.15) is 0 Å². The predicted molar refractivity (Wildman–Crippen MR) is 113 cm³/mol. The summed E-state index contributed by atoms with van der Waals surface area (Å²) in [5.41, 5.74) is 0.189. The van der Waals surface area contributed by atoms with Crippen LogP contribution in [-0.2, 0) is 4.79 Å². The summed E-state index contributed by atoms with van der Waals surface area (Å²) in [6.07, 6.45) is 16.2. The summed E-state index contributed by atoms with van der Waals surface area (Å²) in [7, 11) is 0. The highest BCUT2D eigenvalue weighted by molar-refractivity contribution is 5.99. The molecule has 2 fully saturated rings. The van der Waals surface area contributed by atoms with Crippen LogP contribution in [0.3, 0.4) is 0 Å². The van der Waals surface area contributed by atoms with Gasteiger partial charge in [0.05, 0.1) is 12.1 Å². The van der Waals surface area contributed by atoms with Crippen LogP contribution in [0.25, 0.3) is 0 Å². The van der Waals surface area contributed by atoms with Gasteiger partial charge in [0.1, 0.15) is 11.8 Å². The SMILES string of the molecule is C#CCN(C(=O)c1ccccc1O)C(C(=O)NC1CCCCC1)C1CCCCC1. The molecule has 0 saturated heterocycles. The number of terminal acetylenes is 1. The highest BCUT2D eigenvalue weighted by Crippen LogP contribution is 2.31. The number of amides is 2. The molecule has 2 saturated carbocycles. The molecule has 0 heterocycles. The minimum Gasteiger partial charge on any atom is -0.507 e. The van der Waals surface area contributed by atoms with Crippen LogP contribution in [0.2, 0.25) is 0 Å². The summed E-state index contributed by atoms with van der Waals surface area (Å²) in [5.74, 6) is 2.09. The van der Waals surface area contributed by atoms with Crippen LogP contribution in [0.4, 0.5) is 0 Å². The number of aromatic hydroxyl groups is 1. The van der Waals surface area contributed by atoms with Crippen LogP contribution < -0.4 is 5.32 Å². The number of hydrogen-bond donors (Lipinski definition) is 2. The van der Waals surface area contributed by atoms with Gasteiger partial charge in [-0.05, 0) is 43.7 Å². The van der Waals surface area contributed by atoms with Gasteiger partial charge in [0, 0.05) is 6.04 Å². The molecule has 5 heteroatoms. The lowest BCUT2D eigenvalue weighted by molar-refractivity contribution is -0.128. The number of nitrogens with one attached hydrogen (secondary N) is 1. The normalized spacial score (nSPS) is 19.1. The molecule has 2 amide bonds. The van der Waals surface area contributed by atoms with E-state index in [1.807, 2.05) is 0 Å². The number of hydrogen-bond acceptors (Lipinski definition) is 3. The zero-order chi connectivity index (χ0) is 20.6. The Hall–Kier alpha value is -2.48. The Labute approximate surface area is 173 Å². The fourth-order valence-corrected chi connectivity index (χ4v) is 4.80. The molecule has 2 aliphatic rings. The van der Waals surface area contributed by atoms with Crippen molar-refractivity contribution in [1.82, 2.24) is 10.2 Å². The Morgan fingerprint density at radius 2 is 1.69 bits per heavy atom. The van der Waals surface area contributed by atoms with E-state index in [1.165, 1.54) is 17.4 Å². The Kier molecular flexibility index (Phi) is 7.57. The van der Waals surface area contributed by atoms with E-state index in [0.717, 1.165) is 57.8 Å². The van der Waals surface area contributed by atoms with Gasteiger partial charge < -0.3 is 15.3 Å². The zero-order valence-corrected chi connectivity index (χ0v) is 17.1. The molecular formula is C24H32N2O3. The van der Waals surface area contributed by atoms with E-state index in [4.69, 9.17) is 6.42 Å². The number of benzene rings is 1. The molecule has 0 bridgehead atoms. The summed E-state index contributed by atoms with van der Waals surface area (Å²) >= 11 is 0. The van der Waals surface area contributed by atoms with Gasteiger partial charge in [-0.3, -0.25) is 9.59 Å². The highest BCUT2D eigenvalue weighted by atomic mass is 16.3. The smallest absolute Gasteiger partial charge is 0.259 e. The van der Waals surface area contributed by atoms with Crippen molar-refractivity contribution in [3.05, 3.63) is 29.8 Å². The number of carbonyl (C=O) groups excluding carboxylic acids is 2. The molecular weight excluding hydrogens is 364 g/mol. The van der Waals surface area contributed by atoms with E-state index < -0.39 is 6.04 Å². The van der Waals surface area contributed by atoms with Crippen molar-refractivity contribution in [3.8, 4) is 18.1 Å². The van der Waals surface area contributed by atoms with Gasteiger partial charge in [-0.25, -0.2) is 0 Å².